The number of benzene rings is 2. The second-order valence-electron chi connectivity index (χ2n) is 8.37. The van der Waals surface area contributed by atoms with E-state index in [-0.39, 0.29) is 18.2 Å². The molecule has 1 atom stereocenters. The van der Waals surface area contributed by atoms with E-state index in [1.54, 1.807) is 17.9 Å². The maximum Gasteiger partial charge on any atom is 0.255 e. The summed E-state index contributed by atoms with van der Waals surface area (Å²) in [5.74, 6) is 0.435. The smallest absolute Gasteiger partial charge is 0.255 e. The lowest BCUT2D eigenvalue weighted by molar-refractivity contribution is -0.142. The van der Waals surface area contributed by atoms with E-state index >= 15 is 0 Å². The first-order valence-electron chi connectivity index (χ1n) is 10.5. The normalized spacial score (nSPS) is 20.3. The molecule has 3 amide bonds. The zero-order chi connectivity index (χ0) is 23.2. The number of carbonyl (C=O) groups excluding carboxylic acids is 3. The molecule has 5 rings (SSSR count). The van der Waals surface area contributed by atoms with Gasteiger partial charge in [-0.05, 0) is 49.0 Å². The van der Waals surface area contributed by atoms with Gasteiger partial charge >= 0.3 is 0 Å². The van der Waals surface area contributed by atoms with Crippen molar-refractivity contribution in [2.75, 3.05) is 5.32 Å². The van der Waals surface area contributed by atoms with Gasteiger partial charge in [0.1, 0.15) is 19.7 Å². The zero-order valence-corrected chi connectivity index (χ0v) is 18.9. The van der Waals surface area contributed by atoms with Crippen LogP contribution >= 0.6 is 8.43 Å². The van der Waals surface area contributed by atoms with Gasteiger partial charge in [0, 0.05) is 31.1 Å². The molecular formula is C23H22N5O4P. The highest BCUT2D eigenvalue weighted by Crippen LogP contribution is 2.34. The first kappa shape index (κ1) is 21.2. The highest BCUT2D eigenvalue weighted by atomic mass is 31.1. The molecule has 9 nitrogen and oxygen atoms in total. The molecule has 2 aliphatic rings. The molecular weight excluding hydrogens is 441 g/mol. The number of aromatic amines is 1. The first-order chi connectivity index (χ1) is 15.9. The number of imide groups is 1. The van der Waals surface area contributed by atoms with Gasteiger partial charge in [0.25, 0.3) is 11.8 Å². The number of nitrogens with zero attached hydrogens (tertiary/aromatic N) is 2. The van der Waals surface area contributed by atoms with Gasteiger partial charge in [0.2, 0.25) is 11.9 Å². The van der Waals surface area contributed by atoms with Gasteiger partial charge in [-0.25, -0.2) is 4.98 Å². The second-order valence-corrected chi connectivity index (χ2v) is 8.81. The van der Waals surface area contributed by atoms with E-state index in [4.69, 9.17) is 4.52 Å². The van der Waals surface area contributed by atoms with Crippen LogP contribution < -0.4 is 15.2 Å². The van der Waals surface area contributed by atoms with Crippen molar-refractivity contribution in [1.82, 2.24) is 20.2 Å². The van der Waals surface area contributed by atoms with Crippen LogP contribution in [0.4, 0.5) is 5.95 Å². The molecule has 0 bridgehead atoms. The number of fused-ring (bicyclic) bond motifs is 2. The van der Waals surface area contributed by atoms with E-state index in [2.05, 4.69) is 26.9 Å². The molecule has 10 heteroatoms. The topological polar surface area (TPSA) is 116 Å². The van der Waals surface area contributed by atoms with Gasteiger partial charge in [-0.3, -0.25) is 19.7 Å². The molecule has 0 radical (unpaired) electrons. The van der Waals surface area contributed by atoms with Crippen molar-refractivity contribution in [2.45, 2.75) is 38.4 Å². The minimum absolute atomic E-state index is 0.187. The molecule has 33 heavy (non-hydrogen) atoms. The van der Waals surface area contributed by atoms with Crippen molar-refractivity contribution >= 4 is 49.4 Å². The van der Waals surface area contributed by atoms with E-state index in [1.807, 2.05) is 30.3 Å². The van der Waals surface area contributed by atoms with E-state index in [1.165, 1.54) is 0 Å². The Bertz CT molecular complexity index is 1320. The van der Waals surface area contributed by atoms with Crippen LogP contribution in [0.25, 0.3) is 11.0 Å². The Balaban J connectivity index is 1.30. The quantitative estimate of drug-likeness (QED) is 0.382. The molecule has 2 aromatic carbocycles. The maximum absolute atomic E-state index is 13.0. The van der Waals surface area contributed by atoms with Crippen molar-refractivity contribution in [3.8, 4) is 5.75 Å². The summed E-state index contributed by atoms with van der Waals surface area (Å²) >= 11 is 0. The number of hydrogen-bond donors (Lipinski definition) is 3. The number of carbonyl (C=O) groups is 3. The van der Waals surface area contributed by atoms with Crippen LogP contribution in [0.1, 0.15) is 41.3 Å². The fourth-order valence-corrected chi connectivity index (χ4v) is 4.59. The highest BCUT2D eigenvalue weighted by Gasteiger charge is 2.48. The van der Waals surface area contributed by atoms with E-state index < -0.39 is 11.4 Å². The summed E-state index contributed by atoms with van der Waals surface area (Å²) in [6.07, 6.45) is 4.19. The van der Waals surface area contributed by atoms with Gasteiger partial charge in [-0.1, -0.05) is 12.1 Å². The summed E-state index contributed by atoms with van der Waals surface area (Å²) in [4.78, 5) is 46.4. The Kier molecular flexibility index (Phi) is 5.13. The molecule has 3 heterocycles. The molecule has 0 aliphatic carbocycles. The Labute approximate surface area is 191 Å². The van der Waals surface area contributed by atoms with Gasteiger partial charge in [-0.15, -0.1) is 0 Å². The van der Waals surface area contributed by atoms with Crippen LogP contribution in [-0.4, -0.2) is 44.4 Å². The minimum Gasteiger partial charge on any atom is -0.440 e. The van der Waals surface area contributed by atoms with E-state index in [0.717, 1.165) is 22.2 Å². The van der Waals surface area contributed by atoms with Crippen molar-refractivity contribution in [3.05, 3.63) is 53.1 Å². The number of nitrogens with one attached hydrogen (secondary N) is 3. The predicted octanol–water partition coefficient (Wildman–Crippen LogP) is 3.00. The van der Waals surface area contributed by atoms with E-state index in [0.29, 0.717) is 45.2 Å². The summed E-state index contributed by atoms with van der Waals surface area (Å²) in [7, 11) is 0.579. The predicted molar refractivity (Wildman–Crippen MR) is 125 cm³/mol. The van der Waals surface area contributed by atoms with Crippen LogP contribution in [-0.2, 0) is 22.7 Å². The summed E-state index contributed by atoms with van der Waals surface area (Å²) < 4.78 is 5.40. The molecule has 0 saturated carbocycles. The van der Waals surface area contributed by atoms with Crippen LogP contribution in [0.2, 0.25) is 0 Å². The highest BCUT2D eigenvalue weighted by molar-refractivity contribution is 7.31. The SMILES string of the molecule is C=POc1ccc2nc(NCc3ccc4c(c3)CN(C3(C)CCC(=O)NC3=O)C4=O)[nH]c2c1. The third-order valence-corrected chi connectivity index (χ3v) is 6.57. The molecule has 0 spiro atoms. The Morgan fingerprint density at radius 1 is 1.24 bits per heavy atom. The molecule has 168 valence electrons. The molecule has 1 fully saturated rings. The lowest BCUT2D eigenvalue weighted by Gasteiger charge is -2.39. The first-order valence-corrected chi connectivity index (χ1v) is 11.5. The van der Waals surface area contributed by atoms with E-state index in [9.17, 15) is 14.4 Å². The molecule has 2 aliphatic heterocycles. The molecule has 1 unspecified atom stereocenters. The number of hydrogen-bond acceptors (Lipinski definition) is 6. The van der Waals surface area contributed by atoms with Crippen molar-refractivity contribution in [1.29, 1.82) is 0 Å². The summed E-state index contributed by atoms with van der Waals surface area (Å²) in [6.45, 7) is 2.56. The van der Waals surface area contributed by atoms with Crippen LogP contribution in [0.5, 0.6) is 5.75 Å². The number of rotatable bonds is 6. The number of piperidine rings is 1. The van der Waals surface area contributed by atoms with Crippen LogP contribution in [0.3, 0.4) is 0 Å². The van der Waals surface area contributed by atoms with Crippen molar-refractivity contribution in [3.63, 3.8) is 0 Å². The largest absolute Gasteiger partial charge is 0.440 e. The third kappa shape index (κ3) is 3.74. The number of imidazole rings is 1. The number of anilines is 1. The number of H-pyrrole nitrogens is 1. The fourth-order valence-electron chi connectivity index (χ4n) is 4.32. The fraction of sp³-hybridized carbons (Fsp3) is 0.261. The minimum atomic E-state index is -1.04. The summed E-state index contributed by atoms with van der Waals surface area (Å²) in [5.41, 5.74) is 3.07. The number of amides is 3. The van der Waals surface area contributed by atoms with Gasteiger partial charge in [0.05, 0.1) is 11.0 Å². The van der Waals surface area contributed by atoms with Crippen LogP contribution in [0.15, 0.2) is 36.4 Å². The lowest BCUT2D eigenvalue weighted by Crippen LogP contribution is -2.61. The average Bonchev–Trinajstić information content (AvgIpc) is 3.36. The standard InChI is InChI=1S/C23H22N5O4P/c1-23(8-7-19(29)27-21(23)31)28-12-14-9-13(3-5-16(14)20(28)30)11-24-22-25-17-6-4-15(32-33-2)10-18(17)26-22/h3-6,9-10H,2,7-8,11-12H2,1H3,(H2,24,25,26)(H,27,29,31). The van der Waals surface area contributed by atoms with Gasteiger partial charge in [-0.2, -0.15) is 0 Å². The Hall–Kier alpha value is -3.71. The summed E-state index contributed by atoms with van der Waals surface area (Å²) in [5, 5.41) is 5.64. The molecule has 1 saturated heterocycles. The monoisotopic (exact) mass is 463 g/mol. The Morgan fingerprint density at radius 3 is 2.88 bits per heavy atom. The van der Waals surface area contributed by atoms with Gasteiger partial charge in [0.15, 0.2) is 0 Å². The molecule has 1 aromatic heterocycles. The second kappa shape index (κ2) is 8.01. The van der Waals surface area contributed by atoms with Gasteiger partial charge < -0.3 is 19.7 Å². The Morgan fingerprint density at radius 2 is 2.09 bits per heavy atom. The zero-order valence-electron chi connectivity index (χ0n) is 18.0. The molecule has 3 aromatic rings. The lowest BCUT2D eigenvalue weighted by atomic mass is 9.89. The van der Waals surface area contributed by atoms with Crippen molar-refractivity contribution < 1.29 is 18.9 Å². The van der Waals surface area contributed by atoms with Crippen LogP contribution in [0, 0.1) is 0 Å². The maximum atomic E-state index is 13.0. The van der Waals surface area contributed by atoms with Crippen molar-refractivity contribution in [2.24, 2.45) is 0 Å². The average molecular weight is 463 g/mol. The number of aromatic nitrogens is 2. The summed E-state index contributed by atoms with van der Waals surface area (Å²) in [6, 6.07) is 11.3. The molecule has 3 N–H and O–H groups in total. The third-order valence-electron chi connectivity index (χ3n) is 6.23.